The molecular formula is C16H18BrNO. The predicted octanol–water partition coefficient (Wildman–Crippen LogP) is 4.94. The SMILES string of the molecule is COc1cc(C)ccc1C(C)Nc1ccccc1Br. The Hall–Kier alpha value is -1.48. The minimum Gasteiger partial charge on any atom is -0.496 e. The quantitative estimate of drug-likeness (QED) is 0.861. The van der Waals surface area contributed by atoms with E-state index >= 15 is 0 Å². The smallest absolute Gasteiger partial charge is 0.124 e. The molecule has 19 heavy (non-hydrogen) atoms. The van der Waals surface area contributed by atoms with Gasteiger partial charge in [0, 0.05) is 15.7 Å². The number of nitrogens with one attached hydrogen (secondary N) is 1. The minimum atomic E-state index is 0.175. The number of rotatable bonds is 4. The molecule has 0 amide bonds. The van der Waals surface area contributed by atoms with E-state index < -0.39 is 0 Å². The van der Waals surface area contributed by atoms with Crippen LogP contribution in [0.15, 0.2) is 46.9 Å². The first-order valence-corrected chi connectivity index (χ1v) is 7.06. The Labute approximate surface area is 122 Å². The standard InChI is InChI=1S/C16H18BrNO/c1-11-8-9-13(16(10-11)19-3)12(2)18-15-7-5-4-6-14(15)17/h4-10,12,18H,1-3H3. The Morgan fingerprint density at radius 2 is 1.89 bits per heavy atom. The number of anilines is 1. The van der Waals surface area contributed by atoms with Crippen LogP contribution in [0.25, 0.3) is 0 Å². The van der Waals surface area contributed by atoms with Crippen LogP contribution < -0.4 is 10.1 Å². The van der Waals surface area contributed by atoms with Gasteiger partial charge in [-0.15, -0.1) is 0 Å². The Morgan fingerprint density at radius 3 is 2.58 bits per heavy atom. The molecule has 0 heterocycles. The maximum atomic E-state index is 5.46. The summed E-state index contributed by atoms with van der Waals surface area (Å²) < 4.78 is 6.53. The molecule has 0 aliphatic heterocycles. The van der Waals surface area contributed by atoms with Crippen LogP contribution in [0.1, 0.15) is 24.1 Å². The fourth-order valence-electron chi connectivity index (χ4n) is 2.07. The van der Waals surface area contributed by atoms with Crippen molar-refractivity contribution in [2.24, 2.45) is 0 Å². The number of para-hydroxylation sites is 1. The number of halogens is 1. The fourth-order valence-corrected chi connectivity index (χ4v) is 2.46. The molecule has 0 saturated heterocycles. The second kappa shape index (κ2) is 6.11. The maximum absolute atomic E-state index is 5.46. The van der Waals surface area contributed by atoms with Crippen molar-refractivity contribution in [2.75, 3.05) is 12.4 Å². The lowest BCUT2D eigenvalue weighted by Gasteiger charge is -2.19. The number of benzene rings is 2. The first-order chi connectivity index (χ1) is 9.11. The highest BCUT2D eigenvalue weighted by molar-refractivity contribution is 9.10. The van der Waals surface area contributed by atoms with E-state index in [4.69, 9.17) is 4.74 Å². The molecule has 0 aliphatic carbocycles. The molecule has 0 aromatic heterocycles. The van der Waals surface area contributed by atoms with Crippen molar-refractivity contribution in [3.8, 4) is 5.75 Å². The Bertz CT molecular complexity index is 568. The van der Waals surface area contributed by atoms with Gasteiger partial charge in [-0.25, -0.2) is 0 Å². The third-order valence-electron chi connectivity index (χ3n) is 3.10. The van der Waals surface area contributed by atoms with E-state index in [2.05, 4.69) is 59.4 Å². The van der Waals surface area contributed by atoms with E-state index in [0.717, 1.165) is 21.5 Å². The first kappa shape index (κ1) is 13.9. The van der Waals surface area contributed by atoms with Crippen LogP contribution in [-0.2, 0) is 0 Å². The van der Waals surface area contributed by atoms with E-state index in [1.807, 2.05) is 18.2 Å². The summed E-state index contributed by atoms with van der Waals surface area (Å²) in [7, 11) is 1.71. The van der Waals surface area contributed by atoms with Gasteiger partial charge in [-0.2, -0.15) is 0 Å². The summed E-state index contributed by atoms with van der Waals surface area (Å²) in [5.74, 6) is 0.923. The molecule has 100 valence electrons. The molecule has 0 spiro atoms. The molecule has 0 bridgehead atoms. The van der Waals surface area contributed by atoms with Crippen LogP contribution in [0.4, 0.5) is 5.69 Å². The predicted molar refractivity (Wildman–Crippen MR) is 83.9 cm³/mol. The fraction of sp³-hybridized carbons (Fsp3) is 0.250. The summed E-state index contributed by atoms with van der Waals surface area (Å²) in [6.07, 6.45) is 0. The van der Waals surface area contributed by atoms with Crippen molar-refractivity contribution in [2.45, 2.75) is 19.9 Å². The topological polar surface area (TPSA) is 21.3 Å². The third kappa shape index (κ3) is 3.29. The second-order valence-electron chi connectivity index (χ2n) is 4.59. The van der Waals surface area contributed by atoms with Crippen LogP contribution in [-0.4, -0.2) is 7.11 Å². The first-order valence-electron chi connectivity index (χ1n) is 6.27. The third-order valence-corrected chi connectivity index (χ3v) is 3.79. The van der Waals surface area contributed by atoms with E-state index in [9.17, 15) is 0 Å². The lowest BCUT2D eigenvalue weighted by atomic mass is 10.0. The van der Waals surface area contributed by atoms with Gasteiger partial charge in [0.05, 0.1) is 13.2 Å². The van der Waals surface area contributed by atoms with Gasteiger partial charge in [-0.05, 0) is 53.5 Å². The molecule has 0 radical (unpaired) electrons. The summed E-state index contributed by atoms with van der Waals surface area (Å²) >= 11 is 3.55. The molecule has 0 fully saturated rings. The monoisotopic (exact) mass is 319 g/mol. The molecule has 1 unspecified atom stereocenters. The van der Waals surface area contributed by atoms with Crippen LogP contribution in [0.5, 0.6) is 5.75 Å². The highest BCUT2D eigenvalue weighted by atomic mass is 79.9. The van der Waals surface area contributed by atoms with Crippen molar-refractivity contribution in [3.63, 3.8) is 0 Å². The lowest BCUT2D eigenvalue weighted by molar-refractivity contribution is 0.407. The van der Waals surface area contributed by atoms with Crippen LogP contribution in [0.3, 0.4) is 0 Å². The molecule has 0 saturated carbocycles. The van der Waals surface area contributed by atoms with Gasteiger partial charge in [0.2, 0.25) is 0 Å². The summed E-state index contributed by atoms with van der Waals surface area (Å²) in [6, 6.07) is 14.6. The van der Waals surface area contributed by atoms with Gasteiger partial charge in [0.1, 0.15) is 5.75 Å². The summed E-state index contributed by atoms with van der Waals surface area (Å²) in [5.41, 5.74) is 3.44. The largest absolute Gasteiger partial charge is 0.496 e. The molecule has 0 aliphatic rings. The number of hydrogen-bond acceptors (Lipinski definition) is 2. The zero-order valence-electron chi connectivity index (χ0n) is 11.4. The molecule has 2 aromatic carbocycles. The summed E-state index contributed by atoms with van der Waals surface area (Å²) in [5, 5.41) is 3.49. The van der Waals surface area contributed by atoms with Crippen molar-refractivity contribution >= 4 is 21.6 Å². The van der Waals surface area contributed by atoms with Gasteiger partial charge in [-0.3, -0.25) is 0 Å². The minimum absolute atomic E-state index is 0.175. The van der Waals surface area contributed by atoms with Crippen LogP contribution in [0, 0.1) is 6.92 Å². The van der Waals surface area contributed by atoms with Gasteiger partial charge in [-0.1, -0.05) is 24.3 Å². The maximum Gasteiger partial charge on any atom is 0.124 e. The van der Waals surface area contributed by atoms with E-state index in [1.54, 1.807) is 7.11 Å². The average molecular weight is 320 g/mol. The van der Waals surface area contributed by atoms with E-state index in [-0.39, 0.29) is 6.04 Å². The summed E-state index contributed by atoms with van der Waals surface area (Å²) in [6.45, 7) is 4.20. The van der Waals surface area contributed by atoms with Gasteiger partial charge in [0.25, 0.3) is 0 Å². The molecule has 2 rings (SSSR count). The summed E-state index contributed by atoms with van der Waals surface area (Å²) in [4.78, 5) is 0. The molecule has 3 heteroatoms. The Balaban J connectivity index is 2.25. The van der Waals surface area contributed by atoms with E-state index in [0.29, 0.717) is 0 Å². The Morgan fingerprint density at radius 1 is 1.16 bits per heavy atom. The number of aryl methyl sites for hydroxylation is 1. The number of hydrogen-bond donors (Lipinski definition) is 1. The Kier molecular flexibility index (Phi) is 4.48. The van der Waals surface area contributed by atoms with E-state index in [1.165, 1.54) is 5.56 Å². The molecule has 1 N–H and O–H groups in total. The highest BCUT2D eigenvalue weighted by Crippen LogP contribution is 2.31. The van der Waals surface area contributed by atoms with Crippen molar-refractivity contribution < 1.29 is 4.74 Å². The molecular weight excluding hydrogens is 302 g/mol. The van der Waals surface area contributed by atoms with Crippen molar-refractivity contribution in [1.82, 2.24) is 0 Å². The van der Waals surface area contributed by atoms with Crippen molar-refractivity contribution in [1.29, 1.82) is 0 Å². The zero-order chi connectivity index (χ0) is 13.8. The zero-order valence-corrected chi connectivity index (χ0v) is 13.0. The van der Waals surface area contributed by atoms with Crippen LogP contribution in [0.2, 0.25) is 0 Å². The molecule has 2 aromatic rings. The number of ether oxygens (including phenoxy) is 1. The molecule has 1 atom stereocenters. The van der Waals surface area contributed by atoms with Gasteiger partial charge >= 0.3 is 0 Å². The highest BCUT2D eigenvalue weighted by Gasteiger charge is 2.12. The average Bonchev–Trinajstić information content (AvgIpc) is 2.41. The second-order valence-corrected chi connectivity index (χ2v) is 5.45. The number of methoxy groups -OCH3 is 1. The molecule has 2 nitrogen and oxygen atoms in total. The normalized spacial score (nSPS) is 12.0. The van der Waals surface area contributed by atoms with Gasteiger partial charge in [0.15, 0.2) is 0 Å². The van der Waals surface area contributed by atoms with Crippen molar-refractivity contribution in [3.05, 3.63) is 58.1 Å². The van der Waals surface area contributed by atoms with Gasteiger partial charge < -0.3 is 10.1 Å². The lowest BCUT2D eigenvalue weighted by Crippen LogP contribution is -2.08. The van der Waals surface area contributed by atoms with Crippen LogP contribution >= 0.6 is 15.9 Å².